The van der Waals surface area contributed by atoms with Crippen molar-refractivity contribution >= 4 is 65.2 Å². The number of fused-ring (bicyclic) bond motifs is 8. The van der Waals surface area contributed by atoms with Gasteiger partial charge < -0.3 is 9.13 Å². The lowest BCUT2D eigenvalue weighted by Gasteiger charge is -2.16. The van der Waals surface area contributed by atoms with Crippen LogP contribution in [0.4, 0.5) is 0 Å². The molecule has 58 heavy (non-hydrogen) atoms. The van der Waals surface area contributed by atoms with E-state index in [0.717, 1.165) is 55.3 Å². The van der Waals surface area contributed by atoms with Crippen LogP contribution in [0.15, 0.2) is 200 Å². The molecule has 0 saturated heterocycles. The monoisotopic (exact) mass is 739 g/mol. The summed E-state index contributed by atoms with van der Waals surface area (Å²) in [4.78, 5) is 15.9. The number of benzene rings is 9. The highest BCUT2D eigenvalue weighted by Crippen LogP contribution is 2.41. The fourth-order valence-corrected chi connectivity index (χ4v) is 8.97. The summed E-state index contributed by atoms with van der Waals surface area (Å²) in [6.07, 6.45) is 0. The largest absolute Gasteiger partial charge is 0.309 e. The van der Waals surface area contributed by atoms with Gasteiger partial charge in [0.2, 0.25) is 0 Å². The van der Waals surface area contributed by atoms with Gasteiger partial charge in [-0.2, -0.15) is 0 Å². The van der Waals surface area contributed by atoms with Crippen LogP contribution < -0.4 is 0 Å². The fourth-order valence-electron chi connectivity index (χ4n) is 8.97. The summed E-state index contributed by atoms with van der Waals surface area (Å²) in [6.45, 7) is 0. The minimum atomic E-state index is 0.622. The first-order valence-electron chi connectivity index (χ1n) is 19.6. The summed E-state index contributed by atoms with van der Waals surface area (Å²) >= 11 is 0. The van der Waals surface area contributed by atoms with Gasteiger partial charge in [-0.05, 0) is 70.8 Å². The fraction of sp³-hybridized carbons (Fsp3) is 0. The number of nitrogens with zero attached hydrogens (tertiary/aromatic N) is 5. The van der Waals surface area contributed by atoms with Crippen LogP contribution in [-0.4, -0.2) is 24.1 Å². The van der Waals surface area contributed by atoms with E-state index < -0.39 is 0 Å². The van der Waals surface area contributed by atoms with E-state index in [1.54, 1.807) is 0 Å². The first-order chi connectivity index (χ1) is 28.8. The summed E-state index contributed by atoms with van der Waals surface area (Å²) < 4.78 is 4.76. The zero-order valence-corrected chi connectivity index (χ0v) is 31.3. The molecule has 9 aromatic carbocycles. The quantitative estimate of drug-likeness (QED) is 0.177. The molecule has 0 amide bonds. The van der Waals surface area contributed by atoms with Crippen LogP contribution in [0.25, 0.3) is 111 Å². The van der Waals surface area contributed by atoms with Crippen LogP contribution in [0, 0.1) is 0 Å². The highest BCUT2D eigenvalue weighted by molar-refractivity contribution is 6.16. The normalized spacial score (nSPS) is 11.8. The summed E-state index contributed by atoms with van der Waals surface area (Å²) in [5.41, 5.74) is 9.54. The molecule has 0 radical (unpaired) electrons. The predicted octanol–water partition coefficient (Wildman–Crippen LogP) is 13.4. The molecule has 0 spiro atoms. The van der Waals surface area contributed by atoms with Crippen molar-refractivity contribution in [2.45, 2.75) is 0 Å². The van der Waals surface area contributed by atoms with Gasteiger partial charge in [-0.1, -0.05) is 146 Å². The first-order valence-corrected chi connectivity index (χ1v) is 19.6. The van der Waals surface area contributed by atoms with Crippen molar-refractivity contribution < 1.29 is 0 Å². The maximum absolute atomic E-state index is 5.39. The minimum Gasteiger partial charge on any atom is -0.309 e. The van der Waals surface area contributed by atoms with Crippen molar-refractivity contribution in [2.75, 3.05) is 0 Å². The Kier molecular flexibility index (Phi) is 7.16. The Morgan fingerprint density at radius 2 is 0.862 bits per heavy atom. The third-order valence-electron chi connectivity index (χ3n) is 11.5. The van der Waals surface area contributed by atoms with Gasteiger partial charge in [0.1, 0.15) is 0 Å². The van der Waals surface area contributed by atoms with Gasteiger partial charge in [-0.3, -0.25) is 0 Å². The summed E-state index contributed by atoms with van der Waals surface area (Å²) in [5, 5.41) is 9.43. The second-order valence-electron chi connectivity index (χ2n) is 14.8. The maximum atomic E-state index is 5.39. The minimum absolute atomic E-state index is 0.622. The van der Waals surface area contributed by atoms with Crippen molar-refractivity contribution in [3.05, 3.63) is 200 Å². The van der Waals surface area contributed by atoms with Crippen LogP contribution in [0.3, 0.4) is 0 Å². The Bertz CT molecular complexity index is 3560. The van der Waals surface area contributed by atoms with E-state index in [-0.39, 0.29) is 0 Å². The number of hydrogen-bond acceptors (Lipinski definition) is 3. The van der Waals surface area contributed by atoms with Crippen molar-refractivity contribution in [2.24, 2.45) is 0 Å². The van der Waals surface area contributed by atoms with Crippen LogP contribution in [0.1, 0.15) is 0 Å². The molecule has 12 rings (SSSR count). The van der Waals surface area contributed by atoms with Crippen LogP contribution in [-0.2, 0) is 0 Å². The molecule has 0 bridgehead atoms. The van der Waals surface area contributed by atoms with Crippen LogP contribution in [0.5, 0.6) is 0 Å². The van der Waals surface area contributed by atoms with Gasteiger partial charge in [0.15, 0.2) is 17.5 Å². The first kappa shape index (κ1) is 32.4. The van der Waals surface area contributed by atoms with Gasteiger partial charge >= 0.3 is 0 Å². The zero-order chi connectivity index (χ0) is 38.2. The van der Waals surface area contributed by atoms with Gasteiger partial charge in [-0.15, -0.1) is 0 Å². The lowest BCUT2D eigenvalue weighted by atomic mass is 10.0. The maximum Gasteiger partial charge on any atom is 0.166 e. The third-order valence-corrected chi connectivity index (χ3v) is 11.5. The molecular formula is C53H33N5. The standard InChI is InChI=1S/C53H33N5/c1-3-16-34(17-4-1)51-54-52(56-53(55-51)44-27-15-26-42-40-24-11-13-28-46(40)57(50(42)44)37-20-5-2-6-21-37)43-30-31-48(39-23-10-9-22-38(39)43)58-47-29-14-12-25-41(47)45-32-35-18-7-8-19-36(35)33-49(45)58/h1-33H. The van der Waals surface area contributed by atoms with Crippen molar-refractivity contribution in [3.8, 4) is 45.5 Å². The van der Waals surface area contributed by atoms with E-state index >= 15 is 0 Å². The predicted molar refractivity (Wildman–Crippen MR) is 240 cm³/mol. The number of aromatic nitrogens is 5. The Morgan fingerprint density at radius 1 is 0.310 bits per heavy atom. The van der Waals surface area contributed by atoms with Gasteiger partial charge in [-0.25, -0.2) is 15.0 Å². The molecule has 5 nitrogen and oxygen atoms in total. The van der Waals surface area contributed by atoms with E-state index in [4.69, 9.17) is 15.0 Å². The molecule has 3 heterocycles. The van der Waals surface area contributed by atoms with Crippen molar-refractivity contribution in [1.29, 1.82) is 0 Å². The number of para-hydroxylation sites is 4. The Labute approximate surface area is 333 Å². The van der Waals surface area contributed by atoms with Crippen molar-refractivity contribution in [3.63, 3.8) is 0 Å². The molecule has 0 saturated carbocycles. The number of hydrogen-bond donors (Lipinski definition) is 0. The molecule has 0 unspecified atom stereocenters. The lowest BCUT2D eigenvalue weighted by molar-refractivity contribution is 1.07. The number of rotatable bonds is 5. The molecule has 270 valence electrons. The third kappa shape index (κ3) is 4.93. The second kappa shape index (κ2) is 12.8. The molecule has 0 atom stereocenters. The molecule has 0 aliphatic carbocycles. The molecule has 3 aromatic heterocycles. The van der Waals surface area contributed by atoms with Crippen LogP contribution in [0.2, 0.25) is 0 Å². The summed E-state index contributed by atoms with van der Waals surface area (Å²) in [7, 11) is 0. The second-order valence-corrected chi connectivity index (χ2v) is 14.8. The average molecular weight is 740 g/mol. The van der Waals surface area contributed by atoms with Gasteiger partial charge in [0.25, 0.3) is 0 Å². The SMILES string of the molecule is c1ccc(-c2nc(-c3ccc(-n4c5ccccc5c5cc6ccccc6cc54)c4ccccc34)nc(-c3cccc4c5ccccc5n(-c5ccccc5)c34)n2)cc1. The molecule has 0 aliphatic rings. The van der Waals surface area contributed by atoms with Gasteiger partial charge in [0, 0.05) is 49.3 Å². The molecule has 12 aromatic rings. The highest BCUT2D eigenvalue weighted by atomic mass is 15.1. The van der Waals surface area contributed by atoms with E-state index in [9.17, 15) is 0 Å². The Balaban J connectivity index is 1.13. The zero-order valence-electron chi connectivity index (χ0n) is 31.3. The van der Waals surface area contributed by atoms with E-state index in [2.05, 4.69) is 191 Å². The summed E-state index contributed by atoms with van der Waals surface area (Å²) in [5.74, 6) is 1.87. The smallest absolute Gasteiger partial charge is 0.166 e. The van der Waals surface area contributed by atoms with Gasteiger partial charge in [0.05, 0.1) is 27.8 Å². The van der Waals surface area contributed by atoms with E-state index in [0.29, 0.717) is 17.5 Å². The Morgan fingerprint density at radius 3 is 1.62 bits per heavy atom. The van der Waals surface area contributed by atoms with E-state index in [1.165, 1.54) is 38.0 Å². The van der Waals surface area contributed by atoms with E-state index in [1.807, 2.05) is 18.2 Å². The average Bonchev–Trinajstić information content (AvgIpc) is 3.81. The molecule has 0 aliphatic heterocycles. The molecular weight excluding hydrogens is 707 g/mol. The lowest BCUT2D eigenvalue weighted by Crippen LogP contribution is -2.03. The highest BCUT2D eigenvalue weighted by Gasteiger charge is 2.22. The van der Waals surface area contributed by atoms with Crippen LogP contribution >= 0.6 is 0 Å². The Hall–Kier alpha value is -7.89. The van der Waals surface area contributed by atoms with Crippen molar-refractivity contribution in [1.82, 2.24) is 24.1 Å². The summed E-state index contributed by atoms with van der Waals surface area (Å²) in [6, 6.07) is 70.9. The molecule has 0 N–H and O–H groups in total. The topological polar surface area (TPSA) is 48.5 Å². The molecule has 0 fully saturated rings. The molecule has 5 heteroatoms.